The van der Waals surface area contributed by atoms with Crippen molar-refractivity contribution in [3.63, 3.8) is 0 Å². The van der Waals surface area contributed by atoms with Crippen molar-refractivity contribution in [3.8, 4) is 11.1 Å². The number of carbonyl (C=O) groups is 1. The van der Waals surface area contributed by atoms with E-state index in [2.05, 4.69) is 10.1 Å². The summed E-state index contributed by atoms with van der Waals surface area (Å²) >= 11 is 0. The van der Waals surface area contributed by atoms with Crippen molar-refractivity contribution in [2.75, 3.05) is 13.1 Å². The molecule has 0 radical (unpaired) electrons. The molecule has 7 nitrogen and oxygen atoms in total. The molecule has 1 amide bonds. The molecule has 3 heterocycles. The summed E-state index contributed by atoms with van der Waals surface area (Å²) in [6.07, 6.45) is 6.96. The fourth-order valence-corrected chi connectivity index (χ4v) is 4.54. The van der Waals surface area contributed by atoms with Gasteiger partial charge in [0.15, 0.2) is 9.84 Å². The second-order valence-corrected chi connectivity index (χ2v) is 8.89. The summed E-state index contributed by atoms with van der Waals surface area (Å²) in [6.45, 7) is 3.77. The number of hydrogen-bond acceptors (Lipinski definition) is 4. The molecule has 23 heavy (non-hydrogen) atoms. The molecule has 0 aromatic carbocycles. The maximum absolute atomic E-state index is 12.8. The SMILES string of the molecule is CC1CN(C(=O)c2c[nH]cc2-c2cnn(C)c2)CC(C)S1(=O)=O. The third-order valence-electron chi connectivity index (χ3n) is 4.36. The molecular weight excluding hydrogens is 316 g/mol. The quantitative estimate of drug-likeness (QED) is 0.888. The second kappa shape index (κ2) is 5.52. The van der Waals surface area contributed by atoms with Gasteiger partial charge in [0, 0.05) is 49.9 Å². The Morgan fingerprint density at radius 3 is 2.48 bits per heavy atom. The van der Waals surface area contributed by atoms with Crippen LogP contribution in [-0.2, 0) is 16.9 Å². The van der Waals surface area contributed by atoms with Gasteiger partial charge in [0.2, 0.25) is 0 Å². The van der Waals surface area contributed by atoms with Gasteiger partial charge in [-0.25, -0.2) is 8.42 Å². The van der Waals surface area contributed by atoms with Crippen LogP contribution in [0.3, 0.4) is 0 Å². The number of hydrogen-bond donors (Lipinski definition) is 1. The first-order valence-corrected chi connectivity index (χ1v) is 9.09. The van der Waals surface area contributed by atoms with Gasteiger partial charge in [-0.2, -0.15) is 5.10 Å². The van der Waals surface area contributed by atoms with Crippen LogP contribution in [0.25, 0.3) is 11.1 Å². The summed E-state index contributed by atoms with van der Waals surface area (Å²) in [5.74, 6) is -0.154. The highest BCUT2D eigenvalue weighted by Crippen LogP contribution is 2.26. The largest absolute Gasteiger partial charge is 0.366 e. The molecule has 1 saturated heterocycles. The molecule has 2 aromatic rings. The van der Waals surface area contributed by atoms with Crippen LogP contribution < -0.4 is 0 Å². The average molecular weight is 336 g/mol. The van der Waals surface area contributed by atoms with Gasteiger partial charge in [0.25, 0.3) is 5.91 Å². The fourth-order valence-electron chi connectivity index (χ4n) is 2.98. The zero-order chi connectivity index (χ0) is 16.8. The Balaban J connectivity index is 1.89. The molecule has 1 N–H and O–H groups in total. The van der Waals surface area contributed by atoms with E-state index in [1.807, 2.05) is 13.2 Å². The van der Waals surface area contributed by atoms with Crippen LogP contribution in [0, 0.1) is 0 Å². The van der Waals surface area contributed by atoms with Crippen LogP contribution in [0.15, 0.2) is 24.8 Å². The van der Waals surface area contributed by atoms with Crippen LogP contribution in [0.4, 0.5) is 0 Å². The van der Waals surface area contributed by atoms with Crippen LogP contribution in [0.1, 0.15) is 24.2 Å². The van der Waals surface area contributed by atoms with E-state index < -0.39 is 20.3 Å². The first-order valence-electron chi connectivity index (χ1n) is 7.48. The average Bonchev–Trinajstić information content (AvgIpc) is 3.12. The summed E-state index contributed by atoms with van der Waals surface area (Å²) in [4.78, 5) is 17.4. The van der Waals surface area contributed by atoms with Gasteiger partial charge in [0.1, 0.15) is 0 Å². The number of aromatic amines is 1. The maximum atomic E-state index is 12.8. The Labute approximate surface area is 135 Å². The van der Waals surface area contributed by atoms with E-state index in [9.17, 15) is 13.2 Å². The number of H-pyrrole nitrogens is 1. The van der Waals surface area contributed by atoms with E-state index in [1.54, 1.807) is 42.0 Å². The number of rotatable bonds is 2. The predicted octanol–water partition coefficient (Wildman–Crippen LogP) is 1.06. The minimum atomic E-state index is -3.15. The second-order valence-electron chi connectivity index (χ2n) is 6.11. The van der Waals surface area contributed by atoms with Gasteiger partial charge < -0.3 is 9.88 Å². The van der Waals surface area contributed by atoms with E-state index in [1.165, 1.54) is 0 Å². The third kappa shape index (κ3) is 2.67. The number of nitrogens with zero attached hydrogens (tertiary/aromatic N) is 3. The first-order chi connectivity index (χ1) is 10.8. The lowest BCUT2D eigenvalue weighted by molar-refractivity contribution is 0.0750. The molecule has 8 heteroatoms. The van der Waals surface area contributed by atoms with Crippen LogP contribution >= 0.6 is 0 Å². The van der Waals surface area contributed by atoms with E-state index >= 15 is 0 Å². The smallest absolute Gasteiger partial charge is 0.256 e. The van der Waals surface area contributed by atoms with Crippen molar-refractivity contribution in [2.24, 2.45) is 7.05 Å². The minimum Gasteiger partial charge on any atom is -0.366 e. The molecular formula is C15H20N4O3S. The lowest BCUT2D eigenvalue weighted by Gasteiger charge is -2.34. The summed E-state index contributed by atoms with van der Waals surface area (Å²) in [5.41, 5.74) is 2.16. The molecule has 124 valence electrons. The van der Waals surface area contributed by atoms with Crippen molar-refractivity contribution in [2.45, 2.75) is 24.3 Å². The van der Waals surface area contributed by atoms with E-state index in [0.717, 1.165) is 11.1 Å². The van der Waals surface area contributed by atoms with Crippen molar-refractivity contribution < 1.29 is 13.2 Å². The molecule has 0 aliphatic carbocycles. The molecule has 1 aliphatic heterocycles. The molecule has 2 aromatic heterocycles. The van der Waals surface area contributed by atoms with Crippen molar-refractivity contribution >= 4 is 15.7 Å². The number of carbonyl (C=O) groups excluding carboxylic acids is 1. The van der Waals surface area contributed by atoms with E-state index in [0.29, 0.717) is 5.56 Å². The maximum Gasteiger partial charge on any atom is 0.256 e. The Hall–Kier alpha value is -2.09. The number of nitrogens with one attached hydrogen (secondary N) is 1. The van der Waals surface area contributed by atoms with Crippen molar-refractivity contribution in [1.29, 1.82) is 0 Å². The summed E-state index contributed by atoms with van der Waals surface area (Å²) in [7, 11) is -1.33. The summed E-state index contributed by atoms with van der Waals surface area (Å²) < 4.78 is 25.9. The molecule has 1 fully saturated rings. The lowest BCUT2D eigenvalue weighted by atomic mass is 10.1. The zero-order valence-electron chi connectivity index (χ0n) is 13.4. The van der Waals surface area contributed by atoms with Gasteiger partial charge in [-0.05, 0) is 13.8 Å². The zero-order valence-corrected chi connectivity index (χ0v) is 14.2. The first kappa shape index (κ1) is 15.8. The van der Waals surface area contributed by atoms with Gasteiger partial charge in [-0.15, -0.1) is 0 Å². The Morgan fingerprint density at radius 1 is 1.26 bits per heavy atom. The number of sulfone groups is 1. The van der Waals surface area contributed by atoms with Gasteiger partial charge in [-0.1, -0.05) is 0 Å². The molecule has 0 saturated carbocycles. The van der Waals surface area contributed by atoms with E-state index in [4.69, 9.17) is 0 Å². The number of amides is 1. The summed E-state index contributed by atoms with van der Waals surface area (Å²) in [5, 5.41) is 3.04. The molecule has 3 rings (SSSR count). The third-order valence-corrected chi connectivity index (χ3v) is 6.90. The molecule has 1 aliphatic rings. The number of aromatic nitrogens is 3. The highest BCUT2D eigenvalue weighted by Gasteiger charge is 2.38. The Kier molecular flexibility index (Phi) is 3.79. The fraction of sp³-hybridized carbons (Fsp3) is 0.467. The van der Waals surface area contributed by atoms with Crippen LogP contribution in [-0.4, -0.2) is 57.6 Å². The molecule has 2 atom stereocenters. The Morgan fingerprint density at radius 2 is 1.91 bits per heavy atom. The van der Waals surface area contributed by atoms with Gasteiger partial charge >= 0.3 is 0 Å². The summed E-state index contributed by atoms with van der Waals surface area (Å²) in [6, 6.07) is 0. The van der Waals surface area contributed by atoms with Crippen molar-refractivity contribution in [3.05, 3.63) is 30.4 Å². The highest BCUT2D eigenvalue weighted by molar-refractivity contribution is 7.92. The van der Waals surface area contributed by atoms with Gasteiger partial charge in [0.05, 0.1) is 22.3 Å². The van der Waals surface area contributed by atoms with Crippen LogP contribution in [0.2, 0.25) is 0 Å². The van der Waals surface area contributed by atoms with E-state index in [-0.39, 0.29) is 19.0 Å². The minimum absolute atomic E-state index is 0.154. The lowest BCUT2D eigenvalue weighted by Crippen LogP contribution is -2.52. The normalized spacial score (nSPS) is 23.9. The molecule has 2 unspecified atom stereocenters. The molecule has 0 spiro atoms. The predicted molar refractivity (Wildman–Crippen MR) is 86.7 cm³/mol. The van der Waals surface area contributed by atoms with Crippen LogP contribution in [0.5, 0.6) is 0 Å². The number of aryl methyl sites for hydroxylation is 1. The monoisotopic (exact) mass is 336 g/mol. The Bertz CT molecular complexity index is 819. The standard InChI is InChI=1S/C15H20N4O3S/c1-10-7-19(8-11(2)23(10,21)22)15(20)14-6-16-5-13(14)12-4-17-18(3)9-12/h4-6,9-11,16H,7-8H2,1-3H3. The highest BCUT2D eigenvalue weighted by atomic mass is 32.2. The van der Waals surface area contributed by atoms with Gasteiger partial charge in [-0.3, -0.25) is 9.48 Å². The topological polar surface area (TPSA) is 88.1 Å². The molecule has 0 bridgehead atoms. The van der Waals surface area contributed by atoms with Crippen molar-refractivity contribution in [1.82, 2.24) is 19.7 Å².